The summed E-state index contributed by atoms with van der Waals surface area (Å²) in [7, 11) is -4.01. The van der Waals surface area contributed by atoms with Crippen LogP contribution in [0.3, 0.4) is 0 Å². The van der Waals surface area contributed by atoms with Crippen molar-refractivity contribution in [2.24, 2.45) is 16.5 Å². The van der Waals surface area contributed by atoms with Gasteiger partial charge in [0.1, 0.15) is 0 Å². The highest BCUT2D eigenvalue weighted by Gasteiger charge is 2.29. The molecule has 1 aromatic carbocycles. The number of nitrogens with one attached hydrogen (secondary N) is 1. The van der Waals surface area contributed by atoms with E-state index in [1.54, 1.807) is 0 Å². The predicted molar refractivity (Wildman–Crippen MR) is 98.9 cm³/mol. The second-order valence-corrected chi connectivity index (χ2v) is 8.32. The zero-order valence-corrected chi connectivity index (χ0v) is 15.6. The van der Waals surface area contributed by atoms with Crippen molar-refractivity contribution in [3.8, 4) is 0 Å². The number of rotatable bonds is 6. The Morgan fingerprint density at radius 1 is 1.35 bits per heavy atom. The van der Waals surface area contributed by atoms with Crippen LogP contribution in [0.1, 0.15) is 20.3 Å². The van der Waals surface area contributed by atoms with E-state index in [0.29, 0.717) is 15.8 Å². The lowest BCUT2D eigenvalue weighted by atomic mass is 10.0. The summed E-state index contributed by atoms with van der Waals surface area (Å²) in [6, 6.07) is 4.19. The van der Waals surface area contributed by atoms with E-state index >= 15 is 0 Å². The standard InChI is InChI=1S/C15H18ClN5O4S/c1-15(2,6-12(22)23)21-26(24,25)8-3-4-9-10(5-8)13(20-14(17)18)19-7-11(9)16/h3-5,7,21H,6H2,1-2H3,(H,22,23)(H4,17,18,19,20). The SMILES string of the molecule is CC(C)(CC(=O)O)NS(=O)(=O)c1ccc2c(Cl)cnc(N=C(N)N)c2c1. The van der Waals surface area contributed by atoms with Crippen molar-refractivity contribution >= 4 is 50.1 Å². The minimum absolute atomic E-state index is 0.0976. The average molecular weight is 400 g/mol. The van der Waals surface area contributed by atoms with Gasteiger partial charge in [-0.3, -0.25) is 4.79 Å². The summed E-state index contributed by atoms with van der Waals surface area (Å²) < 4.78 is 27.7. The van der Waals surface area contributed by atoms with Crippen LogP contribution >= 0.6 is 11.6 Å². The van der Waals surface area contributed by atoms with Gasteiger partial charge < -0.3 is 16.6 Å². The number of hydrogen-bond acceptors (Lipinski definition) is 5. The Bertz CT molecular complexity index is 1000. The molecular weight excluding hydrogens is 382 g/mol. The Morgan fingerprint density at radius 2 is 2.00 bits per heavy atom. The second-order valence-electron chi connectivity index (χ2n) is 6.23. The number of aliphatic imine (C=N–C) groups is 1. The highest BCUT2D eigenvalue weighted by Crippen LogP contribution is 2.31. The van der Waals surface area contributed by atoms with E-state index in [1.165, 1.54) is 38.2 Å². The number of pyridine rings is 1. The molecule has 0 saturated heterocycles. The minimum Gasteiger partial charge on any atom is -0.481 e. The first-order valence-electron chi connectivity index (χ1n) is 7.35. The first-order valence-corrected chi connectivity index (χ1v) is 9.21. The molecule has 2 aromatic rings. The molecule has 0 aliphatic heterocycles. The number of hydrogen-bond donors (Lipinski definition) is 4. The number of guanidine groups is 1. The number of aromatic nitrogens is 1. The van der Waals surface area contributed by atoms with Crippen LogP contribution in [0.25, 0.3) is 10.8 Å². The summed E-state index contributed by atoms with van der Waals surface area (Å²) in [6.45, 7) is 2.95. The molecule has 0 spiro atoms. The van der Waals surface area contributed by atoms with E-state index in [2.05, 4.69) is 14.7 Å². The van der Waals surface area contributed by atoms with Crippen molar-refractivity contribution in [2.45, 2.75) is 30.7 Å². The van der Waals surface area contributed by atoms with Gasteiger partial charge in [-0.25, -0.2) is 18.1 Å². The summed E-state index contributed by atoms with van der Waals surface area (Å²) in [5, 5.41) is 10.1. The van der Waals surface area contributed by atoms with Crippen molar-refractivity contribution in [1.29, 1.82) is 0 Å². The summed E-state index contributed by atoms with van der Waals surface area (Å²) >= 11 is 6.09. The van der Waals surface area contributed by atoms with Gasteiger partial charge in [0.05, 0.1) is 16.3 Å². The number of carboxylic acid groups (broad SMARTS) is 1. The van der Waals surface area contributed by atoms with Crippen LogP contribution in [0.2, 0.25) is 5.02 Å². The number of nitrogens with zero attached hydrogens (tertiary/aromatic N) is 2. The van der Waals surface area contributed by atoms with Crippen molar-refractivity contribution < 1.29 is 18.3 Å². The van der Waals surface area contributed by atoms with Crippen molar-refractivity contribution in [1.82, 2.24) is 9.71 Å². The fourth-order valence-corrected chi connectivity index (χ4v) is 4.04. The Morgan fingerprint density at radius 3 is 2.58 bits per heavy atom. The molecule has 0 aliphatic carbocycles. The molecule has 6 N–H and O–H groups in total. The van der Waals surface area contributed by atoms with Crippen LogP contribution in [0.5, 0.6) is 0 Å². The molecule has 26 heavy (non-hydrogen) atoms. The Labute approximate surface area is 155 Å². The zero-order chi connectivity index (χ0) is 19.7. The van der Waals surface area contributed by atoms with Gasteiger partial charge >= 0.3 is 5.97 Å². The maximum absolute atomic E-state index is 12.6. The van der Waals surface area contributed by atoms with Crippen LogP contribution < -0.4 is 16.2 Å². The normalized spacial score (nSPS) is 12.1. The van der Waals surface area contributed by atoms with Crippen LogP contribution in [-0.4, -0.2) is 36.0 Å². The van der Waals surface area contributed by atoms with E-state index in [1.807, 2.05) is 0 Å². The number of nitrogens with two attached hydrogens (primary N) is 2. The highest BCUT2D eigenvalue weighted by atomic mass is 35.5. The maximum Gasteiger partial charge on any atom is 0.305 e. The first kappa shape index (κ1) is 19.9. The number of fused-ring (bicyclic) bond motifs is 1. The molecule has 1 aromatic heterocycles. The molecule has 0 saturated carbocycles. The Kier molecular flexibility index (Phi) is 5.40. The van der Waals surface area contributed by atoms with Gasteiger partial charge in [0, 0.05) is 22.5 Å². The molecular formula is C15H18ClN5O4S. The fourth-order valence-electron chi connectivity index (χ4n) is 2.39. The molecule has 0 bridgehead atoms. The van der Waals surface area contributed by atoms with Crippen LogP contribution in [-0.2, 0) is 14.8 Å². The zero-order valence-electron chi connectivity index (χ0n) is 14.0. The third kappa shape index (κ3) is 4.59. The van der Waals surface area contributed by atoms with Gasteiger partial charge in [-0.1, -0.05) is 17.7 Å². The molecule has 11 heteroatoms. The summed E-state index contributed by atoms with van der Waals surface area (Å²) in [5.41, 5.74) is 9.57. The van der Waals surface area contributed by atoms with Crippen LogP contribution in [0, 0.1) is 0 Å². The summed E-state index contributed by atoms with van der Waals surface area (Å²) in [4.78, 5) is 18.7. The van der Waals surface area contributed by atoms with E-state index in [9.17, 15) is 13.2 Å². The Balaban J connectivity index is 2.57. The molecule has 0 fully saturated rings. The molecule has 0 unspecified atom stereocenters. The molecule has 0 radical (unpaired) electrons. The molecule has 0 amide bonds. The van der Waals surface area contributed by atoms with E-state index in [4.69, 9.17) is 28.2 Å². The number of halogens is 1. The van der Waals surface area contributed by atoms with Gasteiger partial charge in [0.15, 0.2) is 11.8 Å². The molecule has 9 nitrogen and oxygen atoms in total. The van der Waals surface area contributed by atoms with Crippen LogP contribution in [0.4, 0.5) is 5.82 Å². The lowest BCUT2D eigenvalue weighted by Crippen LogP contribution is -2.44. The van der Waals surface area contributed by atoms with E-state index < -0.39 is 21.5 Å². The third-order valence-corrected chi connectivity index (χ3v) is 5.34. The molecule has 140 valence electrons. The minimum atomic E-state index is -4.01. The topological polar surface area (TPSA) is 161 Å². The van der Waals surface area contributed by atoms with Crippen LogP contribution in [0.15, 0.2) is 34.3 Å². The monoisotopic (exact) mass is 399 g/mol. The number of aliphatic carboxylic acids is 1. The number of carboxylic acids is 1. The second kappa shape index (κ2) is 7.06. The van der Waals surface area contributed by atoms with Crippen molar-refractivity contribution in [3.63, 3.8) is 0 Å². The van der Waals surface area contributed by atoms with Gasteiger partial charge in [-0.15, -0.1) is 0 Å². The van der Waals surface area contributed by atoms with E-state index in [0.717, 1.165) is 0 Å². The largest absolute Gasteiger partial charge is 0.481 e. The smallest absolute Gasteiger partial charge is 0.305 e. The van der Waals surface area contributed by atoms with Crippen molar-refractivity contribution in [2.75, 3.05) is 0 Å². The lowest BCUT2D eigenvalue weighted by molar-refractivity contribution is -0.138. The van der Waals surface area contributed by atoms with Gasteiger partial charge in [0.25, 0.3) is 0 Å². The fraction of sp³-hybridized carbons (Fsp3) is 0.267. The number of sulfonamides is 1. The first-order chi connectivity index (χ1) is 11.9. The number of benzene rings is 1. The molecule has 1 heterocycles. The molecule has 0 aliphatic rings. The third-order valence-electron chi connectivity index (χ3n) is 3.34. The van der Waals surface area contributed by atoms with Gasteiger partial charge in [0.2, 0.25) is 10.0 Å². The Hall–Kier alpha value is -2.43. The maximum atomic E-state index is 12.6. The van der Waals surface area contributed by atoms with E-state index in [-0.39, 0.29) is 23.1 Å². The summed E-state index contributed by atoms with van der Waals surface area (Å²) in [6.07, 6.45) is 0.973. The van der Waals surface area contributed by atoms with Gasteiger partial charge in [-0.05, 0) is 26.0 Å². The lowest BCUT2D eigenvalue weighted by Gasteiger charge is -2.24. The quantitative estimate of drug-likeness (QED) is 0.420. The summed E-state index contributed by atoms with van der Waals surface area (Å²) in [5.74, 6) is -1.25. The predicted octanol–water partition coefficient (Wildman–Crippen LogP) is 1.32. The highest BCUT2D eigenvalue weighted by molar-refractivity contribution is 7.89. The molecule has 0 atom stereocenters. The van der Waals surface area contributed by atoms with Crippen molar-refractivity contribution in [3.05, 3.63) is 29.4 Å². The average Bonchev–Trinajstić information content (AvgIpc) is 2.47. The number of carbonyl (C=O) groups is 1. The molecule has 2 rings (SSSR count). The van der Waals surface area contributed by atoms with Gasteiger partial charge in [-0.2, -0.15) is 4.99 Å².